The highest BCUT2D eigenvalue weighted by Crippen LogP contribution is 2.45. The van der Waals surface area contributed by atoms with Crippen LogP contribution in [0.15, 0.2) is 36.4 Å². The second-order valence-electron chi connectivity index (χ2n) is 7.29. The zero-order chi connectivity index (χ0) is 20.4. The van der Waals surface area contributed by atoms with E-state index in [2.05, 4.69) is 5.32 Å². The number of carbonyl (C=O) groups excluding carboxylic acids is 2. The highest BCUT2D eigenvalue weighted by molar-refractivity contribution is 6.34. The van der Waals surface area contributed by atoms with Gasteiger partial charge >= 0.3 is 5.97 Å². The van der Waals surface area contributed by atoms with Gasteiger partial charge in [0.2, 0.25) is 5.91 Å². The molecule has 1 aliphatic carbocycles. The van der Waals surface area contributed by atoms with Crippen molar-refractivity contribution >= 4 is 29.2 Å². The van der Waals surface area contributed by atoms with Crippen molar-refractivity contribution in [2.45, 2.75) is 31.1 Å². The Morgan fingerprint density at radius 3 is 2.48 bits per heavy atom. The zero-order valence-corrected chi connectivity index (χ0v) is 16.9. The smallest absolute Gasteiger partial charge is 0.337 e. The Morgan fingerprint density at radius 2 is 1.76 bits per heavy atom. The summed E-state index contributed by atoms with van der Waals surface area (Å²) in [7, 11) is 1.31. The number of amides is 1. The number of rotatable bonds is 4. The molecule has 2 aliphatic rings. The number of hydrogen-bond donors (Lipinski definition) is 1. The first-order valence-corrected chi connectivity index (χ1v) is 10.0. The normalized spacial score (nSPS) is 16.9. The van der Waals surface area contributed by atoms with E-state index in [1.165, 1.54) is 7.11 Å². The van der Waals surface area contributed by atoms with Crippen LogP contribution in [0, 0.1) is 0 Å². The molecule has 1 heterocycles. The van der Waals surface area contributed by atoms with E-state index in [-0.39, 0.29) is 5.91 Å². The van der Waals surface area contributed by atoms with Gasteiger partial charge in [-0.2, -0.15) is 0 Å². The fraction of sp³-hybridized carbons (Fsp3) is 0.364. The van der Waals surface area contributed by atoms with Crippen molar-refractivity contribution in [2.75, 3.05) is 25.6 Å². The summed E-state index contributed by atoms with van der Waals surface area (Å²) in [5.74, 6) is 0.732. The molecule has 0 saturated heterocycles. The van der Waals surface area contributed by atoms with Gasteiger partial charge in [0, 0.05) is 0 Å². The van der Waals surface area contributed by atoms with Crippen molar-refractivity contribution in [2.24, 2.45) is 0 Å². The summed E-state index contributed by atoms with van der Waals surface area (Å²) >= 11 is 6.28. The third-order valence-electron chi connectivity index (χ3n) is 5.62. The SMILES string of the molecule is COC(=O)c1ccc(Cl)c(NC(=O)C2(c3ccc4c(c3)OCCO4)CCCC2)c1. The molecular formula is C22H22ClNO5. The molecule has 2 aromatic rings. The van der Waals surface area contributed by atoms with Crippen molar-refractivity contribution in [1.29, 1.82) is 0 Å². The largest absolute Gasteiger partial charge is 0.486 e. The number of ether oxygens (including phenoxy) is 3. The molecule has 2 aromatic carbocycles. The van der Waals surface area contributed by atoms with E-state index in [0.717, 1.165) is 31.2 Å². The average molecular weight is 416 g/mol. The van der Waals surface area contributed by atoms with Gasteiger partial charge in [0.15, 0.2) is 11.5 Å². The predicted octanol–water partition coefficient (Wildman–Crippen LogP) is 4.35. The lowest BCUT2D eigenvalue weighted by Gasteiger charge is -2.30. The molecule has 1 fully saturated rings. The Hall–Kier alpha value is -2.73. The molecule has 1 N–H and O–H groups in total. The van der Waals surface area contributed by atoms with E-state index >= 15 is 0 Å². The Labute approximate surface area is 174 Å². The van der Waals surface area contributed by atoms with Crippen LogP contribution < -0.4 is 14.8 Å². The van der Waals surface area contributed by atoms with Gasteiger partial charge < -0.3 is 19.5 Å². The van der Waals surface area contributed by atoms with Crippen molar-refractivity contribution in [3.8, 4) is 11.5 Å². The lowest BCUT2D eigenvalue weighted by molar-refractivity contribution is -0.121. The van der Waals surface area contributed by atoms with Crippen molar-refractivity contribution < 1.29 is 23.8 Å². The second-order valence-corrected chi connectivity index (χ2v) is 7.70. The van der Waals surface area contributed by atoms with Crippen LogP contribution in [0.25, 0.3) is 0 Å². The Balaban J connectivity index is 1.66. The number of benzene rings is 2. The minimum absolute atomic E-state index is 0.143. The summed E-state index contributed by atoms with van der Waals surface area (Å²) in [4.78, 5) is 25.3. The molecule has 1 amide bonds. The maximum absolute atomic E-state index is 13.5. The van der Waals surface area contributed by atoms with Gasteiger partial charge in [0.05, 0.1) is 28.8 Å². The van der Waals surface area contributed by atoms with E-state index in [4.69, 9.17) is 25.8 Å². The van der Waals surface area contributed by atoms with E-state index < -0.39 is 11.4 Å². The monoisotopic (exact) mass is 415 g/mol. The molecule has 29 heavy (non-hydrogen) atoms. The van der Waals surface area contributed by atoms with E-state index in [1.54, 1.807) is 18.2 Å². The molecule has 4 rings (SSSR count). The topological polar surface area (TPSA) is 73.9 Å². The summed E-state index contributed by atoms with van der Waals surface area (Å²) in [6.45, 7) is 1.01. The first-order valence-electron chi connectivity index (χ1n) is 9.63. The molecule has 6 nitrogen and oxygen atoms in total. The van der Waals surface area contributed by atoms with Gasteiger partial charge in [-0.05, 0) is 48.7 Å². The Kier molecular flexibility index (Phi) is 5.37. The molecule has 0 spiro atoms. The van der Waals surface area contributed by atoms with E-state index in [0.29, 0.717) is 41.0 Å². The fourth-order valence-corrected chi connectivity index (χ4v) is 4.24. The van der Waals surface area contributed by atoms with Crippen LogP contribution in [0.3, 0.4) is 0 Å². The highest BCUT2D eigenvalue weighted by atomic mass is 35.5. The summed E-state index contributed by atoms with van der Waals surface area (Å²) in [5.41, 5.74) is 0.938. The minimum atomic E-state index is -0.680. The first kappa shape index (κ1) is 19.6. The van der Waals surface area contributed by atoms with Crippen molar-refractivity contribution in [3.05, 3.63) is 52.5 Å². The van der Waals surface area contributed by atoms with Crippen LogP contribution in [0.1, 0.15) is 41.6 Å². The van der Waals surface area contributed by atoms with Gasteiger partial charge in [-0.1, -0.05) is 30.5 Å². The number of nitrogens with one attached hydrogen (secondary N) is 1. The lowest BCUT2D eigenvalue weighted by Crippen LogP contribution is -2.38. The molecule has 7 heteroatoms. The van der Waals surface area contributed by atoms with Crippen molar-refractivity contribution in [1.82, 2.24) is 0 Å². The maximum Gasteiger partial charge on any atom is 0.337 e. The van der Waals surface area contributed by atoms with E-state index in [9.17, 15) is 9.59 Å². The van der Waals surface area contributed by atoms with Crippen LogP contribution in [0.2, 0.25) is 5.02 Å². The van der Waals surface area contributed by atoms with E-state index in [1.807, 2.05) is 18.2 Å². The standard InChI is InChI=1S/C22H22ClNO5/c1-27-20(25)14-4-6-16(23)17(12-14)24-21(26)22(8-2-3-9-22)15-5-7-18-19(13-15)29-11-10-28-18/h4-7,12-13H,2-3,8-11H2,1H3,(H,24,26). The van der Waals surface area contributed by atoms with Gasteiger partial charge in [0.25, 0.3) is 0 Å². The molecule has 1 saturated carbocycles. The number of halogens is 1. The fourth-order valence-electron chi connectivity index (χ4n) is 4.07. The number of carbonyl (C=O) groups is 2. The quantitative estimate of drug-likeness (QED) is 0.751. The third-order valence-corrected chi connectivity index (χ3v) is 5.95. The molecule has 0 aromatic heterocycles. The molecule has 152 valence electrons. The molecule has 0 atom stereocenters. The number of esters is 1. The first-order chi connectivity index (χ1) is 14.0. The maximum atomic E-state index is 13.5. The van der Waals surface area contributed by atoms with Gasteiger partial charge in [-0.25, -0.2) is 4.79 Å². The number of anilines is 1. The second kappa shape index (κ2) is 7.95. The van der Waals surface area contributed by atoms with Crippen molar-refractivity contribution in [3.63, 3.8) is 0 Å². The Morgan fingerprint density at radius 1 is 1.03 bits per heavy atom. The minimum Gasteiger partial charge on any atom is -0.486 e. The van der Waals surface area contributed by atoms with Gasteiger partial charge in [0.1, 0.15) is 13.2 Å². The summed E-state index contributed by atoms with van der Waals surface area (Å²) in [6, 6.07) is 10.4. The summed E-state index contributed by atoms with van der Waals surface area (Å²) in [6.07, 6.45) is 3.37. The van der Waals surface area contributed by atoms with Crippen LogP contribution in [-0.2, 0) is 14.9 Å². The molecule has 0 unspecified atom stereocenters. The summed E-state index contributed by atoms with van der Waals surface area (Å²) < 4.78 is 16.1. The molecule has 0 bridgehead atoms. The summed E-state index contributed by atoms with van der Waals surface area (Å²) in [5, 5.41) is 3.30. The van der Waals surface area contributed by atoms with Crippen LogP contribution in [0.4, 0.5) is 5.69 Å². The Bertz CT molecular complexity index is 952. The van der Waals surface area contributed by atoms with Crippen LogP contribution >= 0.6 is 11.6 Å². The third kappa shape index (κ3) is 3.65. The molecule has 1 aliphatic heterocycles. The van der Waals surface area contributed by atoms with Crippen LogP contribution in [0.5, 0.6) is 11.5 Å². The van der Waals surface area contributed by atoms with Gasteiger partial charge in [-0.3, -0.25) is 4.79 Å². The predicted molar refractivity (Wildman–Crippen MR) is 109 cm³/mol. The van der Waals surface area contributed by atoms with Crippen LogP contribution in [-0.4, -0.2) is 32.2 Å². The van der Waals surface area contributed by atoms with Gasteiger partial charge in [-0.15, -0.1) is 0 Å². The number of hydrogen-bond acceptors (Lipinski definition) is 5. The number of fused-ring (bicyclic) bond motifs is 1. The molecular weight excluding hydrogens is 394 g/mol. The number of methoxy groups -OCH3 is 1. The molecule has 0 radical (unpaired) electrons. The zero-order valence-electron chi connectivity index (χ0n) is 16.1. The highest BCUT2D eigenvalue weighted by Gasteiger charge is 2.43. The average Bonchev–Trinajstić information content (AvgIpc) is 3.25. The lowest BCUT2D eigenvalue weighted by atomic mass is 9.77.